The summed E-state index contributed by atoms with van der Waals surface area (Å²) in [5.41, 5.74) is 2.11. The highest BCUT2D eigenvalue weighted by molar-refractivity contribution is 7.62. The van der Waals surface area contributed by atoms with E-state index in [4.69, 9.17) is 9.05 Å². The molecule has 3 heterocycles. The van der Waals surface area contributed by atoms with Crippen LogP contribution in [0.3, 0.4) is 0 Å². The number of hydrogen-bond donors (Lipinski definition) is 2. The molecule has 4 aromatic rings. The van der Waals surface area contributed by atoms with Gasteiger partial charge in [0, 0.05) is 25.8 Å². The zero-order valence-electron chi connectivity index (χ0n) is 18.4. The second kappa shape index (κ2) is 8.94. The van der Waals surface area contributed by atoms with E-state index in [1.54, 1.807) is 10.9 Å². The maximum atomic E-state index is 14.7. The molecule has 10 nitrogen and oxygen atoms in total. The molecule has 0 unspecified atom stereocenters. The van der Waals surface area contributed by atoms with Crippen LogP contribution in [0.25, 0.3) is 10.9 Å². The average molecular weight is 481 g/mol. The Kier molecular flexibility index (Phi) is 5.82. The van der Waals surface area contributed by atoms with Gasteiger partial charge in [-0.3, -0.25) is 9.55 Å². The molecule has 0 saturated heterocycles. The molecule has 0 spiro atoms. The predicted octanol–water partition coefficient (Wildman–Crippen LogP) is 3.69. The highest BCUT2D eigenvalue weighted by Crippen LogP contribution is 2.45. The minimum Gasteiger partial charge on any atom is -0.358 e. The average Bonchev–Trinajstić information content (AvgIpc) is 3.26. The Morgan fingerprint density at radius 1 is 1.18 bits per heavy atom. The molecule has 0 fully saturated rings. The van der Waals surface area contributed by atoms with Crippen LogP contribution in [0.15, 0.2) is 59.7 Å². The fraction of sp³-hybridized carbons (Fsp3) is 0.182. The van der Waals surface area contributed by atoms with Crippen molar-refractivity contribution >= 4 is 47.0 Å². The lowest BCUT2D eigenvalue weighted by atomic mass is 10.1. The molecule has 34 heavy (non-hydrogen) atoms. The Morgan fingerprint density at radius 3 is 2.82 bits per heavy atom. The summed E-state index contributed by atoms with van der Waals surface area (Å²) in [4.78, 5) is 8.94. The van der Waals surface area contributed by atoms with Gasteiger partial charge in [0.15, 0.2) is 11.6 Å². The van der Waals surface area contributed by atoms with Gasteiger partial charge in [-0.1, -0.05) is 17.3 Å². The normalized spacial score (nSPS) is 13.3. The lowest BCUT2D eigenvalue weighted by Crippen LogP contribution is -2.26. The maximum Gasteiger partial charge on any atom is 0.360 e. The molecule has 1 aliphatic rings. The maximum absolute atomic E-state index is 14.7. The van der Waals surface area contributed by atoms with Crippen LogP contribution < -0.4 is 15.9 Å². The van der Waals surface area contributed by atoms with Gasteiger partial charge in [0.05, 0.1) is 29.6 Å². The van der Waals surface area contributed by atoms with Crippen molar-refractivity contribution in [3.63, 3.8) is 0 Å². The van der Waals surface area contributed by atoms with Crippen molar-refractivity contribution in [2.75, 3.05) is 31.4 Å². The number of benzene rings is 2. The second-order valence-electron chi connectivity index (χ2n) is 7.51. The number of nitrogens with zero attached hydrogens (tertiary/aromatic N) is 5. The lowest BCUT2D eigenvalue weighted by Gasteiger charge is -2.18. The van der Waals surface area contributed by atoms with Crippen LogP contribution in [0.4, 0.5) is 21.7 Å². The smallest absolute Gasteiger partial charge is 0.358 e. The Hall–Kier alpha value is -3.66. The molecule has 174 valence electrons. The van der Waals surface area contributed by atoms with Crippen molar-refractivity contribution in [2.45, 2.75) is 6.54 Å². The Morgan fingerprint density at radius 2 is 2.03 bits per heavy atom. The van der Waals surface area contributed by atoms with Crippen molar-refractivity contribution in [2.24, 2.45) is 4.99 Å². The van der Waals surface area contributed by atoms with Crippen LogP contribution >= 0.6 is 7.60 Å². The first-order valence-corrected chi connectivity index (χ1v) is 11.9. The summed E-state index contributed by atoms with van der Waals surface area (Å²) in [5.74, 6) is 0.939. The standard InChI is InChI=1S/C22H21FN7O3P/c1-32-34(31,33-2)16-6-8-19(17(23)11-16)26-20-12-25-21-22(27-20)30(29-28-21)13-14-5-7-18-15(10-14)4-3-9-24-18/h3-11,25H,12-13H2,1-2H3,(H,26,27). The van der Waals surface area contributed by atoms with Crippen molar-refractivity contribution in [1.29, 1.82) is 0 Å². The topological polar surface area (TPSA) is 116 Å². The molecule has 0 atom stereocenters. The van der Waals surface area contributed by atoms with Crippen molar-refractivity contribution in [3.05, 3.63) is 66.1 Å². The minimum atomic E-state index is -3.55. The number of aliphatic imine (C=N–C) groups is 1. The SMILES string of the molecule is COP(=O)(OC)c1ccc(NC2=Nc3c(nnn3Cc3ccc4ncccc4c3)NC2)c(F)c1. The quantitative estimate of drug-likeness (QED) is 0.401. The van der Waals surface area contributed by atoms with Crippen LogP contribution in [0, 0.1) is 5.82 Å². The van der Waals surface area contributed by atoms with Gasteiger partial charge in [0.25, 0.3) is 0 Å². The van der Waals surface area contributed by atoms with Gasteiger partial charge in [-0.05, 0) is 42.0 Å². The summed E-state index contributed by atoms with van der Waals surface area (Å²) < 4.78 is 38.7. The zero-order valence-corrected chi connectivity index (χ0v) is 19.3. The second-order valence-corrected chi connectivity index (χ2v) is 9.76. The fourth-order valence-corrected chi connectivity index (χ4v) is 4.76. The molecule has 5 rings (SSSR count). The molecule has 12 heteroatoms. The number of aromatic nitrogens is 4. The number of halogens is 1. The van der Waals surface area contributed by atoms with E-state index in [0.717, 1.165) is 22.5 Å². The molecule has 0 bridgehead atoms. The molecule has 0 amide bonds. The van der Waals surface area contributed by atoms with Gasteiger partial charge in [0.1, 0.15) is 11.7 Å². The number of rotatable bonds is 6. The number of hydrogen-bond acceptors (Lipinski definition) is 9. The first-order chi connectivity index (χ1) is 16.5. The summed E-state index contributed by atoms with van der Waals surface area (Å²) in [7, 11) is -1.05. The van der Waals surface area contributed by atoms with Gasteiger partial charge in [-0.25, -0.2) is 14.1 Å². The number of anilines is 2. The van der Waals surface area contributed by atoms with E-state index >= 15 is 0 Å². The highest BCUT2D eigenvalue weighted by atomic mass is 31.2. The third kappa shape index (κ3) is 4.16. The number of pyridine rings is 1. The lowest BCUT2D eigenvalue weighted by molar-refractivity contribution is 0.287. The van der Waals surface area contributed by atoms with E-state index in [1.165, 1.54) is 26.4 Å². The van der Waals surface area contributed by atoms with Crippen molar-refractivity contribution in [3.8, 4) is 0 Å². The largest absolute Gasteiger partial charge is 0.360 e. The van der Waals surface area contributed by atoms with Crippen LogP contribution in [-0.4, -0.2) is 46.6 Å². The van der Waals surface area contributed by atoms with E-state index in [9.17, 15) is 8.96 Å². The molecular weight excluding hydrogens is 460 g/mol. The van der Waals surface area contributed by atoms with E-state index in [1.807, 2.05) is 30.3 Å². The van der Waals surface area contributed by atoms with Gasteiger partial charge in [-0.15, -0.1) is 5.10 Å². The van der Waals surface area contributed by atoms with Crippen molar-refractivity contribution in [1.82, 2.24) is 20.0 Å². The van der Waals surface area contributed by atoms with E-state index in [2.05, 4.69) is 30.9 Å². The zero-order chi connectivity index (χ0) is 23.7. The summed E-state index contributed by atoms with van der Waals surface area (Å²) in [5, 5.41) is 15.6. The van der Waals surface area contributed by atoms with Gasteiger partial charge < -0.3 is 19.7 Å². The first kappa shape index (κ1) is 22.1. The fourth-order valence-electron chi connectivity index (χ4n) is 3.66. The van der Waals surface area contributed by atoms with E-state index < -0.39 is 13.4 Å². The molecule has 2 aromatic heterocycles. The Balaban J connectivity index is 1.38. The summed E-state index contributed by atoms with van der Waals surface area (Å²) in [6.45, 7) is 0.765. The van der Waals surface area contributed by atoms with E-state index in [-0.39, 0.29) is 11.0 Å². The monoisotopic (exact) mass is 481 g/mol. The van der Waals surface area contributed by atoms with Crippen LogP contribution in [0.1, 0.15) is 5.56 Å². The number of fused-ring (bicyclic) bond motifs is 2. The predicted molar refractivity (Wildman–Crippen MR) is 128 cm³/mol. The third-order valence-corrected chi connectivity index (χ3v) is 7.27. The minimum absolute atomic E-state index is 0.124. The van der Waals surface area contributed by atoms with Crippen molar-refractivity contribution < 1.29 is 18.0 Å². The van der Waals surface area contributed by atoms with Crippen LogP contribution in [-0.2, 0) is 20.2 Å². The van der Waals surface area contributed by atoms with Gasteiger partial charge >= 0.3 is 7.60 Å². The molecule has 0 radical (unpaired) electrons. The summed E-state index contributed by atoms with van der Waals surface area (Å²) in [6.07, 6.45) is 1.76. The van der Waals surface area contributed by atoms with Gasteiger partial charge in [0.2, 0.25) is 0 Å². The number of nitrogens with one attached hydrogen (secondary N) is 2. The van der Waals surface area contributed by atoms with Gasteiger partial charge in [-0.2, -0.15) is 0 Å². The molecule has 0 aliphatic carbocycles. The van der Waals surface area contributed by atoms with E-state index in [0.29, 0.717) is 30.6 Å². The highest BCUT2D eigenvalue weighted by Gasteiger charge is 2.26. The Labute approximate surface area is 194 Å². The first-order valence-electron chi connectivity index (χ1n) is 10.4. The molecule has 0 saturated carbocycles. The molecule has 2 aromatic carbocycles. The number of amidine groups is 1. The molecule has 1 aliphatic heterocycles. The third-order valence-electron chi connectivity index (χ3n) is 5.40. The van der Waals surface area contributed by atoms with Crippen LogP contribution in [0.2, 0.25) is 0 Å². The summed E-state index contributed by atoms with van der Waals surface area (Å²) in [6, 6.07) is 14.0. The molecular formula is C22H21FN7O3P. The summed E-state index contributed by atoms with van der Waals surface area (Å²) >= 11 is 0. The Bertz CT molecular complexity index is 1450. The molecule has 2 N–H and O–H groups in total. The van der Waals surface area contributed by atoms with Crippen LogP contribution in [0.5, 0.6) is 0 Å².